The van der Waals surface area contributed by atoms with E-state index in [-0.39, 0.29) is 45.4 Å². The van der Waals surface area contributed by atoms with Crippen molar-refractivity contribution in [1.82, 2.24) is 4.90 Å². The molecular weight excluding hydrogens is 332 g/mol. The fourth-order valence-electron chi connectivity index (χ4n) is 3.88. The van der Waals surface area contributed by atoms with Gasteiger partial charge in [-0.2, -0.15) is 0 Å². The Bertz CT molecular complexity index is 640. The molecule has 136 valence electrons. The zero-order valence-electron chi connectivity index (χ0n) is 13.8. The summed E-state index contributed by atoms with van der Waals surface area (Å²) in [6.07, 6.45) is -1.03. The van der Waals surface area contributed by atoms with Gasteiger partial charge in [-0.1, -0.05) is 30.3 Å². The van der Waals surface area contributed by atoms with Gasteiger partial charge in [0.1, 0.15) is 6.61 Å². The summed E-state index contributed by atoms with van der Waals surface area (Å²) >= 11 is 0. The second kappa shape index (κ2) is 6.61. The maximum Gasteiger partial charge on any atom is 0.410 e. The Labute approximate surface area is 144 Å². The lowest BCUT2D eigenvalue weighted by Gasteiger charge is -2.39. The van der Waals surface area contributed by atoms with Crippen LogP contribution < -0.4 is 0 Å². The largest absolute Gasteiger partial charge is 0.481 e. The van der Waals surface area contributed by atoms with E-state index >= 15 is 0 Å². The van der Waals surface area contributed by atoms with Crippen molar-refractivity contribution in [3.8, 4) is 0 Å². The first kappa shape index (κ1) is 17.6. The summed E-state index contributed by atoms with van der Waals surface area (Å²) in [6, 6.07) is 9.16. The highest BCUT2D eigenvalue weighted by atomic mass is 19.3. The number of carbonyl (C=O) groups excluding carboxylic acids is 1. The second-order valence-electron chi connectivity index (χ2n) is 7.03. The van der Waals surface area contributed by atoms with E-state index in [1.54, 1.807) is 0 Å². The van der Waals surface area contributed by atoms with E-state index in [0.29, 0.717) is 0 Å². The lowest BCUT2D eigenvalue weighted by atomic mass is 9.67. The van der Waals surface area contributed by atoms with Crippen molar-refractivity contribution >= 4 is 12.1 Å². The van der Waals surface area contributed by atoms with Crippen LogP contribution in [0, 0.1) is 11.3 Å². The lowest BCUT2D eigenvalue weighted by molar-refractivity contribution is -0.148. The minimum atomic E-state index is -2.74. The van der Waals surface area contributed by atoms with Gasteiger partial charge >= 0.3 is 12.1 Å². The molecular formula is C18H21F2NO4. The van der Waals surface area contributed by atoms with E-state index < -0.39 is 29.3 Å². The van der Waals surface area contributed by atoms with Crippen molar-refractivity contribution in [2.45, 2.75) is 38.2 Å². The molecule has 1 aromatic carbocycles. The topological polar surface area (TPSA) is 66.8 Å². The van der Waals surface area contributed by atoms with Gasteiger partial charge in [0.15, 0.2) is 0 Å². The van der Waals surface area contributed by atoms with Crippen LogP contribution in [0.15, 0.2) is 30.3 Å². The number of hydrogen-bond acceptors (Lipinski definition) is 3. The van der Waals surface area contributed by atoms with Crippen LogP contribution in [-0.4, -0.2) is 41.1 Å². The standard InChI is InChI=1S/C18H21F2NO4/c19-18(20)8-6-17(7-9-18)12-21(10-14(17)15(22)23)16(24)25-11-13-4-2-1-3-5-13/h1-5,14H,6-12H2,(H,22,23). The van der Waals surface area contributed by atoms with Crippen LogP contribution in [-0.2, 0) is 16.1 Å². The van der Waals surface area contributed by atoms with Crippen LogP contribution >= 0.6 is 0 Å². The monoisotopic (exact) mass is 353 g/mol. The van der Waals surface area contributed by atoms with E-state index in [1.807, 2.05) is 30.3 Å². The van der Waals surface area contributed by atoms with Crippen molar-refractivity contribution in [2.24, 2.45) is 11.3 Å². The Hall–Kier alpha value is -2.18. The van der Waals surface area contributed by atoms with Gasteiger partial charge in [-0.3, -0.25) is 4.79 Å². The van der Waals surface area contributed by atoms with E-state index in [1.165, 1.54) is 4.90 Å². The smallest absolute Gasteiger partial charge is 0.410 e. The molecule has 1 spiro atoms. The van der Waals surface area contributed by atoms with Crippen LogP contribution in [0.2, 0.25) is 0 Å². The van der Waals surface area contributed by atoms with Gasteiger partial charge in [-0.05, 0) is 18.4 Å². The molecule has 2 fully saturated rings. The molecule has 1 saturated carbocycles. The van der Waals surface area contributed by atoms with Crippen LogP contribution in [0.1, 0.15) is 31.2 Å². The highest BCUT2D eigenvalue weighted by molar-refractivity contribution is 5.75. The molecule has 0 radical (unpaired) electrons. The number of aliphatic carboxylic acids is 1. The summed E-state index contributed by atoms with van der Waals surface area (Å²) in [6.45, 7) is 0.265. The van der Waals surface area contributed by atoms with Crippen LogP contribution in [0.5, 0.6) is 0 Å². The Morgan fingerprint density at radius 2 is 1.80 bits per heavy atom. The van der Waals surface area contributed by atoms with Crippen LogP contribution in [0.3, 0.4) is 0 Å². The molecule has 1 aliphatic carbocycles. The predicted octanol–water partition coefficient (Wildman–Crippen LogP) is 3.54. The zero-order valence-corrected chi connectivity index (χ0v) is 13.8. The van der Waals surface area contributed by atoms with Gasteiger partial charge in [-0.15, -0.1) is 0 Å². The van der Waals surface area contributed by atoms with Crippen molar-refractivity contribution < 1.29 is 28.2 Å². The number of carbonyl (C=O) groups is 2. The highest BCUT2D eigenvalue weighted by Crippen LogP contribution is 2.51. The average Bonchev–Trinajstić information content (AvgIpc) is 2.97. The molecule has 1 saturated heterocycles. The fourth-order valence-corrected chi connectivity index (χ4v) is 3.88. The van der Waals surface area contributed by atoms with E-state index in [2.05, 4.69) is 0 Å². The summed E-state index contributed by atoms with van der Waals surface area (Å²) in [7, 11) is 0. The van der Waals surface area contributed by atoms with Gasteiger partial charge in [0.2, 0.25) is 5.92 Å². The number of carboxylic acid groups (broad SMARTS) is 1. The molecule has 5 nitrogen and oxygen atoms in total. The van der Waals surface area contributed by atoms with Crippen LogP contribution in [0.4, 0.5) is 13.6 Å². The molecule has 1 heterocycles. The number of carboxylic acids is 1. The maximum atomic E-state index is 13.5. The highest BCUT2D eigenvalue weighted by Gasteiger charge is 2.55. The molecule has 1 unspecified atom stereocenters. The normalized spacial score (nSPS) is 24.2. The van der Waals surface area contributed by atoms with E-state index in [4.69, 9.17) is 4.74 Å². The molecule has 2 aliphatic rings. The number of halogens is 2. The molecule has 1 aliphatic heterocycles. The summed E-state index contributed by atoms with van der Waals surface area (Å²) in [5, 5.41) is 9.50. The number of hydrogen-bond donors (Lipinski definition) is 1. The molecule has 0 bridgehead atoms. The van der Waals surface area contributed by atoms with Gasteiger partial charge in [0.05, 0.1) is 5.92 Å². The Balaban J connectivity index is 1.65. The number of ether oxygens (including phenoxy) is 1. The molecule has 1 amide bonds. The number of amides is 1. The Morgan fingerprint density at radius 1 is 1.16 bits per heavy atom. The minimum absolute atomic E-state index is 0.00846. The first-order valence-electron chi connectivity index (χ1n) is 8.38. The summed E-state index contributed by atoms with van der Waals surface area (Å²) in [4.78, 5) is 25.3. The first-order chi connectivity index (χ1) is 11.8. The molecule has 1 aromatic rings. The molecule has 3 rings (SSSR count). The number of alkyl halides is 2. The number of nitrogens with zero attached hydrogens (tertiary/aromatic N) is 1. The molecule has 25 heavy (non-hydrogen) atoms. The maximum absolute atomic E-state index is 13.5. The second-order valence-corrected chi connectivity index (χ2v) is 7.03. The lowest BCUT2D eigenvalue weighted by Crippen LogP contribution is -2.41. The third-order valence-corrected chi connectivity index (χ3v) is 5.39. The van der Waals surface area contributed by atoms with Crippen molar-refractivity contribution in [3.05, 3.63) is 35.9 Å². The van der Waals surface area contributed by atoms with Crippen molar-refractivity contribution in [1.29, 1.82) is 0 Å². The molecule has 0 aromatic heterocycles. The predicted molar refractivity (Wildman–Crippen MR) is 85.2 cm³/mol. The summed E-state index contributed by atoms with van der Waals surface area (Å²) in [5.74, 6) is -4.60. The molecule has 1 N–H and O–H groups in total. The van der Waals surface area contributed by atoms with Gasteiger partial charge in [0, 0.05) is 31.3 Å². The van der Waals surface area contributed by atoms with E-state index in [9.17, 15) is 23.5 Å². The van der Waals surface area contributed by atoms with E-state index in [0.717, 1.165) is 5.56 Å². The fraction of sp³-hybridized carbons (Fsp3) is 0.556. The first-order valence-corrected chi connectivity index (χ1v) is 8.38. The quantitative estimate of drug-likeness (QED) is 0.903. The molecule has 7 heteroatoms. The third-order valence-electron chi connectivity index (χ3n) is 5.39. The third kappa shape index (κ3) is 3.75. The zero-order chi connectivity index (χ0) is 18.1. The average molecular weight is 353 g/mol. The van der Waals surface area contributed by atoms with Crippen LogP contribution in [0.25, 0.3) is 0 Å². The SMILES string of the molecule is O=C(O)C1CN(C(=O)OCc2ccccc2)CC12CCC(F)(F)CC2. The summed E-state index contributed by atoms with van der Waals surface area (Å²) < 4.78 is 32.2. The van der Waals surface area contributed by atoms with Crippen molar-refractivity contribution in [2.75, 3.05) is 13.1 Å². The molecule has 1 atom stereocenters. The van der Waals surface area contributed by atoms with Gasteiger partial charge in [-0.25, -0.2) is 13.6 Å². The summed E-state index contributed by atoms with van der Waals surface area (Å²) in [5.41, 5.74) is 0.0519. The van der Waals surface area contributed by atoms with Crippen molar-refractivity contribution in [3.63, 3.8) is 0 Å². The number of rotatable bonds is 3. The number of likely N-dealkylation sites (tertiary alicyclic amines) is 1. The Morgan fingerprint density at radius 3 is 2.40 bits per heavy atom. The minimum Gasteiger partial charge on any atom is -0.481 e. The van der Waals surface area contributed by atoms with Gasteiger partial charge < -0.3 is 14.7 Å². The van der Waals surface area contributed by atoms with Gasteiger partial charge in [0.25, 0.3) is 0 Å². The number of benzene rings is 1. The Kier molecular flexibility index (Phi) is 4.67.